The minimum Gasteiger partial charge on any atom is -0.345 e. The average molecular weight is 341 g/mol. The van der Waals surface area contributed by atoms with Crippen LogP contribution in [-0.4, -0.2) is 38.0 Å². The van der Waals surface area contributed by atoms with E-state index in [1.807, 2.05) is 41.6 Å². The minimum absolute atomic E-state index is 0.156. The summed E-state index contributed by atoms with van der Waals surface area (Å²) in [6, 6.07) is 7.34. The van der Waals surface area contributed by atoms with E-state index >= 15 is 0 Å². The molecule has 0 aliphatic carbocycles. The smallest absolute Gasteiger partial charge is 0.272 e. The van der Waals surface area contributed by atoms with Gasteiger partial charge in [-0.1, -0.05) is 19.9 Å². The maximum absolute atomic E-state index is 12.3. The standard InChI is InChI=1S/C18H23N5O2/c1-13(2)9-17(24)22-7-8-23-15(12-22)10-16(21-23)18(25)20-11-14-5-3-4-6-19-14/h3-6,10,13H,7-9,11-12H2,1-2H3,(H,20,25). The quantitative estimate of drug-likeness (QED) is 0.896. The van der Waals surface area contributed by atoms with E-state index in [4.69, 9.17) is 0 Å². The predicted octanol–water partition coefficient (Wildman–Crippen LogP) is 1.60. The summed E-state index contributed by atoms with van der Waals surface area (Å²) in [4.78, 5) is 30.5. The van der Waals surface area contributed by atoms with Crippen LogP contribution in [0.2, 0.25) is 0 Å². The van der Waals surface area contributed by atoms with Crippen molar-refractivity contribution >= 4 is 11.8 Å². The lowest BCUT2D eigenvalue weighted by Crippen LogP contribution is -2.38. The molecule has 2 aromatic heterocycles. The van der Waals surface area contributed by atoms with Gasteiger partial charge in [-0.15, -0.1) is 0 Å². The van der Waals surface area contributed by atoms with Gasteiger partial charge in [0.15, 0.2) is 5.69 Å². The Balaban J connectivity index is 1.62. The fourth-order valence-electron chi connectivity index (χ4n) is 2.83. The molecule has 0 unspecified atom stereocenters. The number of rotatable bonds is 5. The third-order valence-electron chi connectivity index (χ3n) is 4.12. The Bertz CT molecular complexity index is 754. The Labute approximate surface area is 147 Å². The summed E-state index contributed by atoms with van der Waals surface area (Å²) in [6.45, 7) is 6.20. The van der Waals surface area contributed by atoms with E-state index in [2.05, 4.69) is 15.4 Å². The van der Waals surface area contributed by atoms with Crippen molar-refractivity contribution in [3.05, 3.63) is 47.5 Å². The molecule has 7 heteroatoms. The highest BCUT2D eigenvalue weighted by Crippen LogP contribution is 2.16. The van der Waals surface area contributed by atoms with Gasteiger partial charge in [0.05, 0.1) is 31.0 Å². The van der Waals surface area contributed by atoms with E-state index in [-0.39, 0.29) is 11.8 Å². The summed E-state index contributed by atoms with van der Waals surface area (Å²) in [6.07, 6.45) is 2.24. The molecule has 0 aromatic carbocycles. The van der Waals surface area contributed by atoms with Crippen molar-refractivity contribution in [2.75, 3.05) is 6.54 Å². The van der Waals surface area contributed by atoms with Gasteiger partial charge in [-0.25, -0.2) is 0 Å². The topological polar surface area (TPSA) is 80.1 Å². The first-order valence-electron chi connectivity index (χ1n) is 8.55. The Kier molecular flexibility index (Phi) is 5.11. The van der Waals surface area contributed by atoms with Gasteiger partial charge < -0.3 is 10.2 Å². The van der Waals surface area contributed by atoms with Crippen molar-refractivity contribution in [2.45, 2.75) is 39.9 Å². The lowest BCUT2D eigenvalue weighted by molar-refractivity contribution is -0.133. The Morgan fingerprint density at radius 1 is 1.28 bits per heavy atom. The molecule has 0 fully saturated rings. The Morgan fingerprint density at radius 3 is 2.84 bits per heavy atom. The van der Waals surface area contributed by atoms with Crippen molar-refractivity contribution in [1.29, 1.82) is 0 Å². The lowest BCUT2D eigenvalue weighted by atomic mass is 10.1. The van der Waals surface area contributed by atoms with E-state index < -0.39 is 0 Å². The number of hydrogen-bond donors (Lipinski definition) is 1. The van der Waals surface area contributed by atoms with E-state index in [1.165, 1.54) is 0 Å². The van der Waals surface area contributed by atoms with Gasteiger partial charge in [-0.3, -0.25) is 19.3 Å². The van der Waals surface area contributed by atoms with Crippen LogP contribution in [0.15, 0.2) is 30.5 Å². The van der Waals surface area contributed by atoms with E-state index in [0.717, 1.165) is 11.4 Å². The number of hydrogen-bond acceptors (Lipinski definition) is 4. The summed E-state index contributed by atoms with van der Waals surface area (Å²) < 4.78 is 1.81. The molecule has 1 N–H and O–H groups in total. The van der Waals surface area contributed by atoms with Gasteiger partial charge in [-0.05, 0) is 24.1 Å². The largest absolute Gasteiger partial charge is 0.345 e. The van der Waals surface area contributed by atoms with Crippen LogP contribution in [0.5, 0.6) is 0 Å². The van der Waals surface area contributed by atoms with Crippen LogP contribution in [0.1, 0.15) is 42.1 Å². The van der Waals surface area contributed by atoms with Gasteiger partial charge in [-0.2, -0.15) is 5.10 Å². The molecule has 0 spiro atoms. The van der Waals surface area contributed by atoms with Crippen molar-refractivity contribution in [1.82, 2.24) is 25.0 Å². The number of aromatic nitrogens is 3. The van der Waals surface area contributed by atoms with Crippen LogP contribution < -0.4 is 5.32 Å². The molecule has 1 aliphatic heterocycles. The third-order valence-corrected chi connectivity index (χ3v) is 4.12. The number of fused-ring (bicyclic) bond motifs is 1. The van der Waals surface area contributed by atoms with Crippen LogP contribution in [-0.2, 0) is 24.4 Å². The van der Waals surface area contributed by atoms with Crippen molar-refractivity contribution < 1.29 is 9.59 Å². The second kappa shape index (κ2) is 7.46. The molecule has 2 aromatic rings. The van der Waals surface area contributed by atoms with E-state index in [9.17, 15) is 9.59 Å². The van der Waals surface area contributed by atoms with Crippen LogP contribution >= 0.6 is 0 Å². The molecule has 2 amide bonds. The van der Waals surface area contributed by atoms with Gasteiger partial charge in [0.1, 0.15) is 0 Å². The summed E-state index contributed by atoms with van der Waals surface area (Å²) in [7, 11) is 0. The first kappa shape index (κ1) is 17.1. The molecule has 132 valence electrons. The van der Waals surface area contributed by atoms with Crippen molar-refractivity contribution in [3.63, 3.8) is 0 Å². The molecule has 7 nitrogen and oxygen atoms in total. The van der Waals surface area contributed by atoms with Crippen LogP contribution in [0.4, 0.5) is 0 Å². The van der Waals surface area contributed by atoms with Crippen LogP contribution in [0, 0.1) is 5.92 Å². The van der Waals surface area contributed by atoms with Gasteiger partial charge in [0, 0.05) is 19.2 Å². The normalized spacial score (nSPS) is 13.6. The first-order valence-corrected chi connectivity index (χ1v) is 8.55. The number of carbonyl (C=O) groups excluding carboxylic acids is 2. The van der Waals surface area contributed by atoms with E-state index in [0.29, 0.717) is 44.2 Å². The summed E-state index contributed by atoms with van der Waals surface area (Å²) >= 11 is 0. The number of nitrogens with one attached hydrogen (secondary N) is 1. The highest BCUT2D eigenvalue weighted by Gasteiger charge is 2.24. The second-order valence-electron chi connectivity index (χ2n) is 6.66. The molecule has 0 radical (unpaired) electrons. The van der Waals surface area contributed by atoms with Crippen molar-refractivity contribution in [2.24, 2.45) is 5.92 Å². The third kappa shape index (κ3) is 4.23. The van der Waals surface area contributed by atoms with Crippen LogP contribution in [0.3, 0.4) is 0 Å². The highest BCUT2D eigenvalue weighted by atomic mass is 16.2. The van der Waals surface area contributed by atoms with Gasteiger partial charge in [0.2, 0.25) is 5.91 Å². The number of pyridine rings is 1. The minimum atomic E-state index is -0.229. The molecule has 0 atom stereocenters. The first-order chi connectivity index (χ1) is 12.0. The Hall–Kier alpha value is -2.70. The SMILES string of the molecule is CC(C)CC(=O)N1CCn2nc(C(=O)NCc3ccccn3)cc2C1. The van der Waals surface area contributed by atoms with Gasteiger partial charge >= 0.3 is 0 Å². The summed E-state index contributed by atoms with van der Waals surface area (Å²) in [5.41, 5.74) is 2.07. The number of amides is 2. The van der Waals surface area contributed by atoms with E-state index in [1.54, 1.807) is 12.3 Å². The van der Waals surface area contributed by atoms with Crippen LogP contribution in [0.25, 0.3) is 0 Å². The van der Waals surface area contributed by atoms with Gasteiger partial charge in [0.25, 0.3) is 5.91 Å². The average Bonchev–Trinajstić information content (AvgIpc) is 3.03. The molecule has 3 heterocycles. The molecular formula is C18H23N5O2. The zero-order chi connectivity index (χ0) is 17.8. The molecule has 3 rings (SSSR count). The zero-order valence-corrected chi connectivity index (χ0v) is 14.6. The maximum atomic E-state index is 12.3. The molecular weight excluding hydrogens is 318 g/mol. The predicted molar refractivity (Wildman–Crippen MR) is 92.5 cm³/mol. The molecule has 0 saturated carbocycles. The van der Waals surface area contributed by atoms with Crippen molar-refractivity contribution in [3.8, 4) is 0 Å². The summed E-state index contributed by atoms with van der Waals surface area (Å²) in [5.74, 6) is 0.267. The monoisotopic (exact) mass is 341 g/mol. The number of carbonyl (C=O) groups is 2. The fraction of sp³-hybridized carbons (Fsp3) is 0.444. The zero-order valence-electron chi connectivity index (χ0n) is 14.6. The highest BCUT2D eigenvalue weighted by molar-refractivity contribution is 5.92. The Morgan fingerprint density at radius 2 is 2.12 bits per heavy atom. The molecule has 25 heavy (non-hydrogen) atoms. The molecule has 0 bridgehead atoms. The molecule has 0 saturated heterocycles. The summed E-state index contributed by atoms with van der Waals surface area (Å²) in [5, 5.41) is 7.19. The maximum Gasteiger partial charge on any atom is 0.272 e. The lowest BCUT2D eigenvalue weighted by Gasteiger charge is -2.28. The number of nitrogens with zero attached hydrogens (tertiary/aromatic N) is 4. The fourth-order valence-corrected chi connectivity index (χ4v) is 2.83. The molecule has 1 aliphatic rings. The second-order valence-corrected chi connectivity index (χ2v) is 6.66.